The van der Waals surface area contributed by atoms with Crippen molar-refractivity contribution >= 4 is 34.5 Å². The van der Waals surface area contributed by atoms with Crippen LogP contribution in [0.15, 0.2) is 45.7 Å². The van der Waals surface area contributed by atoms with Crippen molar-refractivity contribution in [3.05, 3.63) is 64.0 Å². The summed E-state index contributed by atoms with van der Waals surface area (Å²) in [6, 6.07) is 7.34. The van der Waals surface area contributed by atoms with Crippen LogP contribution in [0.1, 0.15) is 53.7 Å². The number of hydrogen-bond donors (Lipinski definition) is 3. The number of oxazole rings is 1. The zero-order chi connectivity index (χ0) is 25.6. The maximum atomic E-state index is 13.2. The number of nitrogens with zero attached hydrogens (tertiary/aromatic N) is 4. The van der Waals surface area contributed by atoms with Crippen LogP contribution in [0, 0.1) is 0 Å². The number of benzene rings is 1. The molecule has 3 N–H and O–H groups in total. The number of hydrogen-bond acceptors (Lipinski definition) is 7. The second kappa shape index (κ2) is 8.63. The number of rotatable bonds is 5. The molecule has 0 radical (unpaired) electrons. The van der Waals surface area contributed by atoms with Crippen molar-refractivity contribution in [1.82, 2.24) is 35.1 Å². The highest BCUT2D eigenvalue weighted by Gasteiger charge is 2.38. The maximum absolute atomic E-state index is 13.2. The molecular weight excluding hydrogens is 466 g/mol. The molecule has 1 aliphatic heterocycles. The molecule has 0 unspecified atom stereocenters. The van der Waals surface area contributed by atoms with Crippen LogP contribution in [0.4, 0.5) is 0 Å². The summed E-state index contributed by atoms with van der Waals surface area (Å²) in [5, 5.41) is 9.69. The third kappa shape index (κ3) is 4.32. The molecule has 3 aromatic heterocycles. The molecule has 36 heavy (non-hydrogen) atoms. The Bertz CT molecular complexity index is 1560. The van der Waals surface area contributed by atoms with Crippen LogP contribution in [0.5, 0.6) is 0 Å². The Morgan fingerprint density at radius 1 is 1.17 bits per heavy atom. The van der Waals surface area contributed by atoms with Crippen molar-refractivity contribution in [2.45, 2.75) is 45.3 Å². The van der Waals surface area contributed by atoms with E-state index in [0.717, 1.165) is 5.56 Å². The molecule has 4 aromatic rings. The van der Waals surface area contributed by atoms with Gasteiger partial charge in [-0.15, -0.1) is 0 Å². The molecule has 186 valence electrons. The molecule has 0 saturated carbocycles. The van der Waals surface area contributed by atoms with Crippen molar-refractivity contribution < 1.29 is 18.8 Å². The number of carbonyl (C=O) groups excluding carboxylic acids is 3. The molecular formula is C24H25N7O5. The molecule has 4 heterocycles. The number of aromatic amines is 1. The zero-order valence-electron chi connectivity index (χ0n) is 20.0. The molecule has 1 atom stereocenters. The number of H-pyrrole nitrogens is 1. The second-order valence-electron chi connectivity index (χ2n) is 9.63. The van der Waals surface area contributed by atoms with E-state index in [1.165, 1.54) is 16.8 Å². The smallest absolute Gasteiger partial charge is 0.408 e. The van der Waals surface area contributed by atoms with Gasteiger partial charge in [-0.1, -0.05) is 6.07 Å². The van der Waals surface area contributed by atoms with Gasteiger partial charge in [0.25, 0.3) is 11.8 Å². The largest absolute Gasteiger partial charge is 0.417 e. The summed E-state index contributed by atoms with van der Waals surface area (Å²) in [4.78, 5) is 58.8. The fourth-order valence-electron chi connectivity index (χ4n) is 4.29. The molecule has 12 nitrogen and oxygen atoms in total. The summed E-state index contributed by atoms with van der Waals surface area (Å²) in [5.41, 5.74) is 1.78. The van der Waals surface area contributed by atoms with Gasteiger partial charge in [-0.3, -0.25) is 19.4 Å². The fourth-order valence-corrected chi connectivity index (χ4v) is 4.29. The van der Waals surface area contributed by atoms with E-state index in [0.29, 0.717) is 29.7 Å². The van der Waals surface area contributed by atoms with Crippen LogP contribution < -0.4 is 16.4 Å². The molecule has 0 spiro atoms. The summed E-state index contributed by atoms with van der Waals surface area (Å²) in [7, 11) is 0. The van der Waals surface area contributed by atoms with E-state index >= 15 is 0 Å². The molecule has 1 saturated heterocycles. The Balaban J connectivity index is 1.34. The van der Waals surface area contributed by atoms with E-state index in [1.807, 2.05) is 20.8 Å². The first-order valence-electron chi connectivity index (χ1n) is 11.5. The number of aromatic nitrogens is 4. The number of carbonyl (C=O) groups is 3. The third-order valence-corrected chi connectivity index (χ3v) is 6.08. The highest BCUT2D eigenvalue weighted by atomic mass is 16.4. The van der Waals surface area contributed by atoms with Crippen molar-refractivity contribution in [3.63, 3.8) is 0 Å². The lowest BCUT2D eigenvalue weighted by Crippen LogP contribution is -2.48. The third-order valence-electron chi connectivity index (χ3n) is 6.08. The van der Waals surface area contributed by atoms with Crippen LogP contribution in [0.3, 0.4) is 0 Å². The zero-order valence-corrected chi connectivity index (χ0v) is 20.0. The lowest BCUT2D eigenvalue weighted by Gasteiger charge is -2.32. The Hall–Kier alpha value is -4.48. The standard InChI is InChI=1S/C24H25N7O5/c1-24(2,3)30-9-7-14(22(30)34)28-21(33)17-11-16(27-19-6-8-26-31(17)19)20(32)25-12-13-4-5-18-15(10-13)29-23(35)36-18/h4-6,8,10-11,14H,7,9,12H2,1-3H3,(H,25,32)(H,28,33)(H,29,35)/t14-/m0/s1. The van der Waals surface area contributed by atoms with Gasteiger partial charge < -0.3 is 20.0 Å². The molecule has 1 aliphatic rings. The first-order valence-corrected chi connectivity index (χ1v) is 11.5. The number of amides is 3. The van der Waals surface area contributed by atoms with Crippen molar-refractivity contribution in [1.29, 1.82) is 0 Å². The summed E-state index contributed by atoms with van der Waals surface area (Å²) >= 11 is 0. The monoisotopic (exact) mass is 491 g/mol. The van der Waals surface area contributed by atoms with Crippen LogP contribution in [-0.4, -0.2) is 60.3 Å². The lowest BCUT2D eigenvalue weighted by atomic mass is 10.1. The van der Waals surface area contributed by atoms with E-state index in [4.69, 9.17) is 4.42 Å². The summed E-state index contributed by atoms with van der Waals surface area (Å²) in [5.74, 6) is -1.72. The first-order chi connectivity index (χ1) is 17.1. The molecule has 5 rings (SSSR count). The van der Waals surface area contributed by atoms with Gasteiger partial charge in [-0.25, -0.2) is 14.3 Å². The minimum Gasteiger partial charge on any atom is -0.408 e. The molecule has 3 amide bonds. The predicted molar refractivity (Wildman–Crippen MR) is 128 cm³/mol. The maximum Gasteiger partial charge on any atom is 0.417 e. The van der Waals surface area contributed by atoms with E-state index in [9.17, 15) is 19.2 Å². The van der Waals surface area contributed by atoms with Crippen LogP contribution in [0.25, 0.3) is 16.7 Å². The fraction of sp³-hybridized carbons (Fsp3) is 0.333. The van der Waals surface area contributed by atoms with Crippen LogP contribution in [0.2, 0.25) is 0 Å². The van der Waals surface area contributed by atoms with Gasteiger partial charge >= 0.3 is 5.76 Å². The van der Waals surface area contributed by atoms with E-state index in [2.05, 4.69) is 25.7 Å². The Morgan fingerprint density at radius 3 is 2.72 bits per heavy atom. The van der Waals surface area contributed by atoms with Gasteiger partial charge in [0.1, 0.15) is 17.4 Å². The van der Waals surface area contributed by atoms with E-state index in [1.54, 1.807) is 29.2 Å². The Morgan fingerprint density at radius 2 is 1.97 bits per heavy atom. The van der Waals surface area contributed by atoms with Crippen molar-refractivity contribution in [2.24, 2.45) is 0 Å². The molecule has 0 aliphatic carbocycles. The SMILES string of the molecule is CC(C)(C)N1CC[C@H](NC(=O)c2cc(C(=O)NCc3ccc4oc(=O)[nH]c4c3)nc3ccnn23)C1=O. The normalized spacial score (nSPS) is 16.1. The van der Waals surface area contributed by atoms with Gasteiger partial charge in [0.2, 0.25) is 5.91 Å². The summed E-state index contributed by atoms with van der Waals surface area (Å²) in [6.45, 7) is 6.55. The van der Waals surface area contributed by atoms with Crippen LogP contribution in [-0.2, 0) is 11.3 Å². The minimum absolute atomic E-state index is 0.0278. The number of nitrogens with one attached hydrogen (secondary N) is 3. The first kappa shape index (κ1) is 23.3. The Kier molecular flexibility index (Phi) is 5.58. The summed E-state index contributed by atoms with van der Waals surface area (Å²) < 4.78 is 6.31. The quantitative estimate of drug-likeness (QED) is 0.379. The number of likely N-dealkylation sites (tertiary alicyclic amines) is 1. The van der Waals surface area contributed by atoms with Gasteiger partial charge in [-0.05, 0) is 44.9 Å². The second-order valence-corrected chi connectivity index (χ2v) is 9.63. The number of fused-ring (bicyclic) bond motifs is 2. The van der Waals surface area contributed by atoms with Gasteiger partial charge in [0.05, 0.1) is 11.7 Å². The average molecular weight is 492 g/mol. The topological polar surface area (TPSA) is 155 Å². The van der Waals surface area contributed by atoms with Crippen LogP contribution >= 0.6 is 0 Å². The van der Waals surface area contributed by atoms with Crippen molar-refractivity contribution in [3.8, 4) is 0 Å². The molecule has 1 fully saturated rings. The summed E-state index contributed by atoms with van der Waals surface area (Å²) in [6.07, 6.45) is 1.97. The van der Waals surface area contributed by atoms with Gasteiger partial charge in [0.15, 0.2) is 11.2 Å². The van der Waals surface area contributed by atoms with E-state index < -0.39 is 23.6 Å². The lowest BCUT2D eigenvalue weighted by molar-refractivity contribution is -0.133. The average Bonchev–Trinajstić information content (AvgIpc) is 3.53. The molecule has 12 heteroatoms. The van der Waals surface area contributed by atoms with Gasteiger partial charge in [-0.2, -0.15) is 5.10 Å². The van der Waals surface area contributed by atoms with Crippen molar-refractivity contribution in [2.75, 3.05) is 6.54 Å². The Labute approximate surface area is 204 Å². The van der Waals surface area contributed by atoms with E-state index in [-0.39, 0.29) is 29.4 Å². The van der Waals surface area contributed by atoms with Gasteiger partial charge in [0, 0.05) is 30.8 Å². The minimum atomic E-state index is -0.656. The molecule has 1 aromatic carbocycles. The highest BCUT2D eigenvalue weighted by molar-refractivity contribution is 6.00. The highest BCUT2D eigenvalue weighted by Crippen LogP contribution is 2.22. The predicted octanol–water partition coefficient (Wildman–Crippen LogP) is 1.22. The molecule has 0 bridgehead atoms.